The van der Waals surface area contributed by atoms with Gasteiger partial charge in [-0.2, -0.15) is 0 Å². The van der Waals surface area contributed by atoms with Gasteiger partial charge in [-0.05, 0) is 59.7 Å². The average Bonchev–Trinajstić information content (AvgIpc) is 3.08. The van der Waals surface area contributed by atoms with Crippen LogP contribution < -0.4 is 9.47 Å². The Bertz CT molecular complexity index is 1260. The molecule has 0 aliphatic rings. The van der Waals surface area contributed by atoms with Gasteiger partial charge in [-0.15, -0.1) is 0 Å². The minimum atomic E-state index is 0. The van der Waals surface area contributed by atoms with Crippen LogP contribution in [0.3, 0.4) is 0 Å². The molecular weight excluding hydrogens is 536 g/mol. The van der Waals surface area contributed by atoms with E-state index in [1.165, 1.54) is 0 Å². The van der Waals surface area contributed by atoms with Gasteiger partial charge in [-0.1, -0.05) is 133 Å². The van der Waals surface area contributed by atoms with Crippen molar-refractivity contribution in [3.63, 3.8) is 0 Å². The van der Waals surface area contributed by atoms with Crippen LogP contribution in [0.4, 0.5) is 0 Å². The molecule has 43 heavy (non-hydrogen) atoms. The van der Waals surface area contributed by atoms with Crippen LogP contribution in [-0.2, 0) is 13.2 Å². The summed E-state index contributed by atoms with van der Waals surface area (Å²) in [6.45, 7) is 0.279. The lowest BCUT2D eigenvalue weighted by molar-refractivity contribution is 0.281. The topological polar surface area (TPSA) is 90.4 Å². The Hall–Kier alpha value is -5.20. The summed E-state index contributed by atoms with van der Waals surface area (Å²) in [5.74, 6) is 3.48. The van der Waals surface area contributed by atoms with E-state index in [9.17, 15) is 0 Å². The predicted octanol–water partition coefficient (Wildman–Crippen LogP) is 8.49. The first-order valence-corrected chi connectivity index (χ1v) is 13.6. The lowest BCUT2D eigenvalue weighted by Gasteiger charge is -2.03. The first-order chi connectivity index (χ1) is 20.8. The van der Waals surface area contributed by atoms with E-state index in [2.05, 4.69) is 0 Å². The van der Waals surface area contributed by atoms with Crippen LogP contribution in [0.1, 0.15) is 11.1 Å². The lowest BCUT2D eigenvalue weighted by atomic mass is 10.2. The van der Waals surface area contributed by atoms with E-state index in [0.717, 1.165) is 34.1 Å². The Labute approximate surface area is 254 Å². The Morgan fingerprint density at radius 1 is 0.302 bits per heavy atom. The van der Waals surface area contributed by atoms with Crippen molar-refractivity contribution in [1.29, 1.82) is 0 Å². The van der Waals surface area contributed by atoms with Gasteiger partial charge in [-0.25, -0.2) is 0 Å². The highest BCUT2D eigenvalue weighted by Gasteiger charge is 1.93. The minimum Gasteiger partial charge on any atom is -0.457 e. The molecular formula is C38H38O5. The summed E-state index contributed by atoms with van der Waals surface area (Å²) in [5.41, 5.74) is 1.93. The van der Waals surface area contributed by atoms with Crippen molar-refractivity contribution in [2.75, 3.05) is 0 Å². The second-order valence-corrected chi connectivity index (χ2v) is 8.74. The van der Waals surface area contributed by atoms with Gasteiger partial charge in [0.1, 0.15) is 23.0 Å². The molecule has 0 spiro atoms. The Morgan fingerprint density at radius 2 is 0.488 bits per heavy atom. The van der Waals surface area contributed by atoms with E-state index in [4.69, 9.17) is 19.7 Å². The number of ether oxygens (including phenoxy) is 2. The molecule has 220 valence electrons. The molecule has 0 bridgehead atoms. The molecule has 0 radical (unpaired) electrons. The fourth-order valence-electron chi connectivity index (χ4n) is 3.39. The summed E-state index contributed by atoms with van der Waals surface area (Å²) in [7, 11) is 0. The van der Waals surface area contributed by atoms with Crippen LogP contribution in [0.25, 0.3) is 0 Å². The summed E-state index contributed by atoms with van der Waals surface area (Å²) >= 11 is 0. The first kappa shape index (κ1) is 34.0. The lowest BCUT2D eigenvalue weighted by Crippen LogP contribution is -1.81. The molecule has 0 saturated carbocycles. The van der Waals surface area contributed by atoms with Crippen molar-refractivity contribution >= 4 is 0 Å². The van der Waals surface area contributed by atoms with Gasteiger partial charge in [0.05, 0.1) is 13.2 Å². The van der Waals surface area contributed by atoms with Gasteiger partial charge in [0, 0.05) is 0 Å². The maximum Gasteiger partial charge on any atom is 0.127 e. The van der Waals surface area contributed by atoms with Gasteiger partial charge in [0.25, 0.3) is 0 Å². The Kier molecular flexibility index (Phi) is 17.0. The summed E-state index contributed by atoms with van der Waals surface area (Å²) < 4.78 is 11.2. The van der Waals surface area contributed by atoms with Crippen LogP contribution in [0.5, 0.6) is 23.0 Å². The summed E-state index contributed by atoms with van der Waals surface area (Å²) in [5, 5.41) is 17.1. The van der Waals surface area contributed by atoms with E-state index < -0.39 is 0 Å². The fraction of sp³-hybridized carbons (Fsp3) is 0.0526. The van der Waals surface area contributed by atoms with Gasteiger partial charge in [-0.3, -0.25) is 0 Å². The molecule has 5 nitrogen and oxygen atoms in total. The SMILES string of the molecule is O.OCc1ccccc1.OCc1ccccc1.c1ccc(Oc2ccccc2)cc1.c1ccc(Oc2ccccc2)cc1. The third kappa shape index (κ3) is 14.8. The average molecular weight is 575 g/mol. The molecule has 0 unspecified atom stereocenters. The molecule has 6 aromatic rings. The standard InChI is InChI=1S/2C12H10O.2C7H8O.H2O/c2*1-3-7-11(8-4-1)13-12-9-5-2-6-10-12;2*8-6-7-4-2-1-3-5-7;/h2*1-10H;2*1-5,8H,6H2;1H2. The van der Waals surface area contributed by atoms with E-state index >= 15 is 0 Å². The maximum atomic E-state index is 8.54. The van der Waals surface area contributed by atoms with Gasteiger partial charge in [0.2, 0.25) is 0 Å². The number of aliphatic hydroxyl groups excluding tert-OH is 2. The number of para-hydroxylation sites is 4. The van der Waals surface area contributed by atoms with Crippen molar-refractivity contribution in [1.82, 2.24) is 0 Å². The van der Waals surface area contributed by atoms with Crippen LogP contribution in [-0.4, -0.2) is 15.7 Å². The molecule has 0 fully saturated rings. The maximum absolute atomic E-state index is 8.54. The molecule has 0 amide bonds. The van der Waals surface area contributed by atoms with Crippen molar-refractivity contribution < 1.29 is 25.2 Å². The molecule has 5 heteroatoms. The number of hydrogen-bond donors (Lipinski definition) is 2. The smallest absolute Gasteiger partial charge is 0.127 e. The van der Waals surface area contributed by atoms with Crippen molar-refractivity contribution in [3.8, 4) is 23.0 Å². The second kappa shape index (κ2) is 21.5. The molecule has 0 aromatic heterocycles. The highest BCUT2D eigenvalue weighted by Crippen LogP contribution is 2.20. The number of aliphatic hydroxyl groups is 2. The molecule has 0 saturated heterocycles. The van der Waals surface area contributed by atoms with Gasteiger partial charge in [0.15, 0.2) is 0 Å². The molecule has 4 N–H and O–H groups in total. The predicted molar refractivity (Wildman–Crippen MR) is 174 cm³/mol. The fourth-order valence-corrected chi connectivity index (χ4v) is 3.39. The zero-order valence-electron chi connectivity index (χ0n) is 23.9. The van der Waals surface area contributed by atoms with E-state index in [1.807, 2.05) is 182 Å². The van der Waals surface area contributed by atoms with E-state index in [-0.39, 0.29) is 18.7 Å². The Balaban J connectivity index is 0.000000204. The summed E-state index contributed by atoms with van der Waals surface area (Å²) in [4.78, 5) is 0. The minimum absolute atomic E-state index is 0. The van der Waals surface area contributed by atoms with Crippen molar-refractivity contribution in [2.45, 2.75) is 13.2 Å². The monoisotopic (exact) mass is 574 g/mol. The summed E-state index contributed by atoms with van der Waals surface area (Å²) in [6.07, 6.45) is 0. The summed E-state index contributed by atoms with van der Waals surface area (Å²) in [6, 6.07) is 58.1. The largest absolute Gasteiger partial charge is 0.457 e. The van der Waals surface area contributed by atoms with Crippen LogP contribution in [0.15, 0.2) is 182 Å². The van der Waals surface area contributed by atoms with E-state index in [1.54, 1.807) is 0 Å². The second-order valence-electron chi connectivity index (χ2n) is 8.74. The first-order valence-electron chi connectivity index (χ1n) is 13.6. The molecule has 0 heterocycles. The highest BCUT2D eigenvalue weighted by molar-refractivity contribution is 5.31. The molecule has 0 atom stereocenters. The van der Waals surface area contributed by atoms with Crippen LogP contribution in [0.2, 0.25) is 0 Å². The third-order valence-electron chi connectivity index (χ3n) is 5.50. The molecule has 6 rings (SSSR count). The van der Waals surface area contributed by atoms with Crippen molar-refractivity contribution in [3.05, 3.63) is 193 Å². The van der Waals surface area contributed by atoms with E-state index in [0.29, 0.717) is 0 Å². The third-order valence-corrected chi connectivity index (χ3v) is 5.50. The van der Waals surface area contributed by atoms with Crippen molar-refractivity contribution in [2.24, 2.45) is 0 Å². The number of rotatable bonds is 6. The highest BCUT2D eigenvalue weighted by atomic mass is 16.5. The normalized spacial score (nSPS) is 9.16. The van der Waals surface area contributed by atoms with Crippen LogP contribution >= 0.6 is 0 Å². The molecule has 6 aromatic carbocycles. The van der Waals surface area contributed by atoms with Gasteiger partial charge >= 0.3 is 0 Å². The Morgan fingerprint density at radius 3 is 0.651 bits per heavy atom. The zero-order chi connectivity index (χ0) is 29.5. The van der Waals surface area contributed by atoms with Crippen LogP contribution in [0, 0.1) is 0 Å². The molecule has 0 aliphatic carbocycles. The number of hydrogen-bond acceptors (Lipinski definition) is 4. The zero-order valence-corrected chi connectivity index (χ0v) is 23.9. The van der Waals surface area contributed by atoms with Gasteiger partial charge < -0.3 is 25.2 Å². The quantitative estimate of drug-likeness (QED) is 0.209. The molecule has 0 aliphatic heterocycles. The number of benzene rings is 6.